The minimum atomic E-state index is -0.000642. The van der Waals surface area contributed by atoms with Gasteiger partial charge < -0.3 is 10.1 Å². The molecule has 1 aliphatic heterocycles. The average molecular weight is 212 g/mol. The first kappa shape index (κ1) is 9.97. The summed E-state index contributed by atoms with van der Waals surface area (Å²) in [6.45, 7) is 1.44. The Morgan fingerprint density at radius 2 is 2.14 bits per heavy atom. The van der Waals surface area contributed by atoms with E-state index in [-0.39, 0.29) is 11.5 Å². The number of hydrogen-bond acceptors (Lipinski definition) is 2. The van der Waals surface area contributed by atoms with Gasteiger partial charge in [-0.3, -0.25) is 0 Å². The molecule has 1 heterocycles. The smallest absolute Gasteiger partial charge is 0.0953 e. The predicted octanol–water partition coefficient (Wildman–Crippen LogP) is 2.26. The zero-order valence-corrected chi connectivity index (χ0v) is 8.92. The quantitative estimate of drug-likeness (QED) is 0.758. The third kappa shape index (κ3) is 1.78. The van der Waals surface area contributed by atoms with Crippen LogP contribution in [0.4, 0.5) is 0 Å². The number of nitrogens with one attached hydrogen (secondary N) is 1. The van der Waals surface area contributed by atoms with Crippen molar-refractivity contribution in [2.24, 2.45) is 0 Å². The number of rotatable bonds is 2. The van der Waals surface area contributed by atoms with Crippen molar-refractivity contribution in [2.75, 3.05) is 20.2 Å². The van der Waals surface area contributed by atoms with Crippen molar-refractivity contribution in [1.29, 1.82) is 0 Å². The topological polar surface area (TPSA) is 21.3 Å². The SMILES string of the molecule is CNCC1OC[C@H](Cl)c2ccccc21. The van der Waals surface area contributed by atoms with Gasteiger partial charge in [-0.15, -0.1) is 11.6 Å². The molecule has 0 bridgehead atoms. The zero-order chi connectivity index (χ0) is 9.97. The molecular weight excluding hydrogens is 198 g/mol. The Morgan fingerprint density at radius 3 is 2.86 bits per heavy atom. The molecule has 2 atom stereocenters. The van der Waals surface area contributed by atoms with Crippen molar-refractivity contribution in [3.63, 3.8) is 0 Å². The molecule has 1 unspecified atom stereocenters. The van der Waals surface area contributed by atoms with Crippen molar-refractivity contribution in [2.45, 2.75) is 11.5 Å². The second-order valence-electron chi connectivity index (χ2n) is 3.48. The largest absolute Gasteiger partial charge is 0.370 e. The number of benzene rings is 1. The van der Waals surface area contributed by atoms with Crippen LogP contribution in [-0.2, 0) is 4.74 Å². The van der Waals surface area contributed by atoms with E-state index in [1.807, 2.05) is 19.2 Å². The molecule has 0 spiro atoms. The average Bonchev–Trinajstić information content (AvgIpc) is 2.23. The highest BCUT2D eigenvalue weighted by Crippen LogP contribution is 2.35. The lowest BCUT2D eigenvalue weighted by atomic mass is 9.97. The molecule has 0 fully saturated rings. The van der Waals surface area contributed by atoms with Crippen molar-refractivity contribution >= 4 is 11.6 Å². The molecule has 0 amide bonds. The number of ether oxygens (including phenoxy) is 1. The van der Waals surface area contributed by atoms with Gasteiger partial charge in [0, 0.05) is 6.54 Å². The van der Waals surface area contributed by atoms with Gasteiger partial charge in [-0.25, -0.2) is 0 Å². The molecule has 2 rings (SSSR count). The van der Waals surface area contributed by atoms with Crippen molar-refractivity contribution in [1.82, 2.24) is 5.32 Å². The van der Waals surface area contributed by atoms with Crippen LogP contribution >= 0.6 is 11.6 Å². The summed E-state index contributed by atoms with van der Waals surface area (Å²) in [4.78, 5) is 0. The summed E-state index contributed by atoms with van der Waals surface area (Å²) in [7, 11) is 1.93. The Morgan fingerprint density at radius 1 is 1.43 bits per heavy atom. The molecule has 1 aromatic rings. The van der Waals surface area contributed by atoms with Crippen LogP contribution in [0.5, 0.6) is 0 Å². The fraction of sp³-hybridized carbons (Fsp3) is 0.455. The molecule has 1 aromatic carbocycles. The van der Waals surface area contributed by atoms with Crippen molar-refractivity contribution in [3.05, 3.63) is 35.4 Å². The zero-order valence-electron chi connectivity index (χ0n) is 8.16. The summed E-state index contributed by atoms with van der Waals surface area (Å²) >= 11 is 6.17. The molecule has 76 valence electrons. The van der Waals surface area contributed by atoms with Gasteiger partial charge in [0.2, 0.25) is 0 Å². The molecule has 0 saturated carbocycles. The second-order valence-corrected chi connectivity index (χ2v) is 4.00. The lowest BCUT2D eigenvalue weighted by Crippen LogP contribution is -2.26. The molecule has 0 saturated heterocycles. The number of halogens is 1. The van der Waals surface area contributed by atoms with Gasteiger partial charge in [0.1, 0.15) is 0 Å². The van der Waals surface area contributed by atoms with Crippen LogP contribution in [0.15, 0.2) is 24.3 Å². The monoisotopic (exact) mass is 211 g/mol. The third-order valence-corrected chi connectivity index (χ3v) is 2.87. The van der Waals surface area contributed by atoms with Crippen LogP contribution < -0.4 is 5.32 Å². The second kappa shape index (κ2) is 4.30. The Balaban J connectivity index is 2.31. The van der Waals surface area contributed by atoms with Gasteiger partial charge in [0.25, 0.3) is 0 Å². The molecule has 1 N–H and O–H groups in total. The highest BCUT2D eigenvalue weighted by atomic mass is 35.5. The van der Waals surface area contributed by atoms with Crippen LogP contribution in [0.3, 0.4) is 0 Å². The standard InChI is InChI=1S/C11H14ClNO/c1-13-6-11-9-5-3-2-4-8(9)10(12)7-14-11/h2-5,10-11,13H,6-7H2,1H3/t10-,11?/m0/s1. The summed E-state index contributed by atoms with van der Waals surface area (Å²) in [6, 6.07) is 8.22. The summed E-state index contributed by atoms with van der Waals surface area (Å²) in [5.74, 6) is 0. The molecule has 14 heavy (non-hydrogen) atoms. The summed E-state index contributed by atoms with van der Waals surface area (Å²) in [5, 5.41) is 3.12. The molecule has 3 heteroatoms. The fourth-order valence-corrected chi connectivity index (χ4v) is 2.10. The van der Waals surface area contributed by atoms with E-state index in [2.05, 4.69) is 17.4 Å². The van der Waals surface area contributed by atoms with E-state index in [1.165, 1.54) is 11.1 Å². The fourth-order valence-electron chi connectivity index (χ4n) is 1.82. The van der Waals surface area contributed by atoms with Gasteiger partial charge >= 0.3 is 0 Å². The molecule has 0 aromatic heterocycles. The van der Waals surface area contributed by atoms with E-state index in [1.54, 1.807) is 0 Å². The van der Waals surface area contributed by atoms with E-state index in [9.17, 15) is 0 Å². The number of hydrogen-bond donors (Lipinski definition) is 1. The maximum atomic E-state index is 6.17. The normalized spacial score (nSPS) is 25.9. The Kier molecular flexibility index (Phi) is 3.06. The number of likely N-dealkylation sites (N-methyl/N-ethyl adjacent to an activating group) is 1. The van der Waals surface area contributed by atoms with Crippen molar-refractivity contribution < 1.29 is 4.74 Å². The van der Waals surface area contributed by atoms with Gasteiger partial charge in [-0.05, 0) is 18.2 Å². The lowest BCUT2D eigenvalue weighted by Gasteiger charge is -2.28. The van der Waals surface area contributed by atoms with Crippen molar-refractivity contribution in [3.8, 4) is 0 Å². The molecule has 0 aliphatic carbocycles. The van der Waals surface area contributed by atoms with Crippen LogP contribution in [0.25, 0.3) is 0 Å². The highest BCUT2D eigenvalue weighted by molar-refractivity contribution is 6.21. The van der Waals surface area contributed by atoms with E-state index in [0.29, 0.717) is 6.61 Å². The van der Waals surface area contributed by atoms with E-state index < -0.39 is 0 Å². The van der Waals surface area contributed by atoms with E-state index in [4.69, 9.17) is 16.3 Å². The molecule has 0 radical (unpaired) electrons. The number of alkyl halides is 1. The third-order valence-electron chi connectivity index (χ3n) is 2.51. The van der Waals surface area contributed by atoms with Gasteiger partial charge in [0.05, 0.1) is 18.1 Å². The summed E-state index contributed by atoms with van der Waals surface area (Å²) in [5.41, 5.74) is 2.42. The van der Waals surface area contributed by atoms with Crippen LogP contribution in [0.2, 0.25) is 0 Å². The first-order valence-corrected chi connectivity index (χ1v) is 5.25. The predicted molar refractivity (Wildman–Crippen MR) is 57.7 cm³/mol. The van der Waals surface area contributed by atoms with Crippen LogP contribution in [0.1, 0.15) is 22.6 Å². The maximum Gasteiger partial charge on any atom is 0.0953 e. The van der Waals surface area contributed by atoms with E-state index in [0.717, 1.165) is 6.54 Å². The summed E-state index contributed by atoms with van der Waals surface area (Å²) < 4.78 is 5.66. The first-order chi connectivity index (χ1) is 6.83. The Bertz CT molecular complexity index is 316. The molecule has 1 aliphatic rings. The Labute approximate surface area is 89.2 Å². The molecular formula is C11H14ClNO. The first-order valence-electron chi connectivity index (χ1n) is 4.82. The van der Waals surface area contributed by atoms with Gasteiger partial charge in [-0.2, -0.15) is 0 Å². The van der Waals surface area contributed by atoms with E-state index >= 15 is 0 Å². The summed E-state index contributed by atoms with van der Waals surface area (Å²) in [6.07, 6.45) is 0.145. The van der Waals surface area contributed by atoms with Gasteiger partial charge in [-0.1, -0.05) is 24.3 Å². The van der Waals surface area contributed by atoms with Gasteiger partial charge in [0.15, 0.2) is 0 Å². The van der Waals surface area contributed by atoms with Crippen LogP contribution in [0, 0.1) is 0 Å². The van der Waals surface area contributed by atoms with Crippen LogP contribution in [-0.4, -0.2) is 20.2 Å². The maximum absolute atomic E-state index is 6.17. The molecule has 2 nitrogen and oxygen atoms in total. The Hall–Kier alpha value is -0.570. The lowest BCUT2D eigenvalue weighted by molar-refractivity contribution is 0.0412. The highest BCUT2D eigenvalue weighted by Gasteiger charge is 2.25. The minimum Gasteiger partial charge on any atom is -0.370 e. The minimum absolute atomic E-state index is 0.000642. The number of fused-ring (bicyclic) bond motifs is 1.